The molecule has 0 rings (SSSR count). The van der Waals surface area contributed by atoms with Crippen molar-refractivity contribution in [2.75, 3.05) is 6.61 Å². The van der Waals surface area contributed by atoms with E-state index < -0.39 is 21.2 Å². The van der Waals surface area contributed by atoms with Crippen molar-refractivity contribution < 1.29 is 246 Å². The van der Waals surface area contributed by atoms with Gasteiger partial charge in [0.15, 0.2) is 5.30 Å². The number of carbonyl (C=O) groups excluding carboxylic acids is 4. The molecular formula is C6H5Na7O8S4. The number of carboxylic acid groups (broad SMARTS) is 3. The molecule has 0 N–H and O–H groups in total. The Kier molecular flexibility index (Phi) is 176. The van der Waals surface area contributed by atoms with Crippen molar-refractivity contribution in [2.45, 2.75) is 6.92 Å². The summed E-state index contributed by atoms with van der Waals surface area (Å²) in [5, 5.41) is 21.0. The molecule has 0 spiro atoms. The van der Waals surface area contributed by atoms with Crippen LogP contribution in [0.5, 0.6) is 0 Å². The van der Waals surface area contributed by atoms with Gasteiger partial charge in [-0.15, -0.1) is 0 Å². The summed E-state index contributed by atoms with van der Waals surface area (Å²) in [6.07, 6.45) is 0. The number of hydrogen-bond donors (Lipinski definition) is 0. The Morgan fingerprint density at radius 1 is 0.640 bits per heavy atom. The van der Waals surface area contributed by atoms with Gasteiger partial charge in [0.25, 0.3) is 0 Å². The zero-order valence-electron chi connectivity index (χ0n) is 15.6. The van der Waals surface area contributed by atoms with Crippen molar-refractivity contribution in [2.24, 2.45) is 0 Å². The minimum absolute atomic E-state index is 0. The Morgan fingerprint density at radius 3 is 0.760 bits per heavy atom. The van der Waals surface area contributed by atoms with Gasteiger partial charge in [-0.1, -0.05) is 15.9 Å². The van der Waals surface area contributed by atoms with E-state index in [2.05, 4.69) is 55.3 Å². The van der Waals surface area contributed by atoms with Crippen LogP contribution in [0.4, 0.5) is 19.2 Å². The zero-order valence-corrected chi connectivity index (χ0v) is 32.9. The Labute approximate surface area is 323 Å². The number of ether oxygens (including phenoxy) is 1. The Balaban J connectivity index is -0.0000000108. The first kappa shape index (κ1) is 69.8. The third-order valence-electron chi connectivity index (χ3n) is 0.262. The third-order valence-corrected chi connectivity index (χ3v) is 0.380. The summed E-state index contributed by atoms with van der Waals surface area (Å²) in [5.41, 5.74) is 0. The smallest absolute Gasteiger partial charge is 0.764 e. The zero-order chi connectivity index (χ0) is 15.7. The largest absolute Gasteiger partial charge is 1.00 e. The molecule has 0 radical (unpaired) electrons. The molecule has 0 heterocycles. The van der Waals surface area contributed by atoms with Crippen molar-refractivity contribution in [1.29, 1.82) is 0 Å². The van der Waals surface area contributed by atoms with Gasteiger partial charge in [0.2, 0.25) is 0 Å². The van der Waals surface area contributed by atoms with Crippen molar-refractivity contribution >= 4 is 71.7 Å². The summed E-state index contributed by atoms with van der Waals surface area (Å²) in [5.74, 6) is 0. The maximum atomic E-state index is 9.64. The van der Waals surface area contributed by atoms with Gasteiger partial charge < -0.3 is 85.0 Å². The maximum Gasteiger partial charge on any atom is 1.00 e. The summed E-state index contributed by atoms with van der Waals surface area (Å²) in [7, 11) is 0. The molecule has 19 heteroatoms. The second kappa shape index (κ2) is 63.0. The molecule has 8 nitrogen and oxygen atoms in total. The molecule has 0 saturated carbocycles. The average molecular weight is 494 g/mol. The van der Waals surface area contributed by atoms with Gasteiger partial charge in [-0.25, -0.2) is 0 Å². The Hall–Kier alpha value is 5.76. The van der Waals surface area contributed by atoms with E-state index in [1.807, 2.05) is 0 Å². The van der Waals surface area contributed by atoms with Crippen molar-refractivity contribution in [3.63, 3.8) is 0 Å². The van der Waals surface area contributed by atoms with E-state index >= 15 is 0 Å². The van der Waals surface area contributed by atoms with Crippen LogP contribution in [-0.2, 0) is 55.3 Å². The minimum atomic E-state index is -1.50. The summed E-state index contributed by atoms with van der Waals surface area (Å²) < 4.78 is 4.22. The van der Waals surface area contributed by atoms with Crippen LogP contribution in [0.25, 0.3) is 0 Å². The summed E-state index contributed by atoms with van der Waals surface area (Å²) >= 11 is 14.3. The average Bonchev–Trinajstić information content (AvgIpc) is 1.98. The van der Waals surface area contributed by atoms with Gasteiger partial charge in [-0.05, 0) is 6.92 Å². The van der Waals surface area contributed by atoms with Gasteiger partial charge in [-0.3, -0.25) is 4.79 Å². The van der Waals surface area contributed by atoms with Crippen LogP contribution in [-0.4, -0.2) is 27.8 Å². The second-order valence-corrected chi connectivity index (χ2v) is 2.77. The normalized spacial score (nSPS) is 4.68. The summed E-state index contributed by atoms with van der Waals surface area (Å²) in [4.78, 5) is 35.7. The van der Waals surface area contributed by atoms with Gasteiger partial charge >= 0.3 is 207 Å². The molecule has 0 aromatic rings. The van der Waals surface area contributed by atoms with E-state index in [-0.39, 0.29) is 207 Å². The topological polar surface area (TPSA) is 147 Å². The molecule has 0 saturated heterocycles. The van der Waals surface area contributed by atoms with Gasteiger partial charge in [0.05, 0.1) is 6.61 Å². The molecule has 0 aliphatic rings. The van der Waals surface area contributed by atoms with Crippen LogP contribution in [0.2, 0.25) is 0 Å². The summed E-state index contributed by atoms with van der Waals surface area (Å²) in [6, 6.07) is 0. The standard InChI is InChI=1S/C3H6O2S.3CH2O2S.7Na/c1-2-5-3(4)6;3*2-1(3)4;;;;;;;/h2H2,1H3,(H,4,6);3*4H,(H,2,3);;;;;;;/q;;;;7*+1/p-7. The molecule has 0 aliphatic carbocycles. The molecule has 0 aliphatic heterocycles. The fraction of sp³-hybridized carbons (Fsp3) is 0.333. The first-order valence-electron chi connectivity index (χ1n) is 3.45. The monoisotopic (exact) mass is 494 g/mol. The first-order chi connectivity index (χ1) is 7.97. The second-order valence-electron chi connectivity index (χ2n) is 1.43. The molecule has 108 valence electrons. The van der Waals surface area contributed by atoms with Gasteiger partial charge in [0, 0.05) is 0 Å². The number of carbonyl (C=O) groups is 4. The minimum Gasteiger partial charge on any atom is -0.764 e. The van der Waals surface area contributed by atoms with Crippen molar-refractivity contribution in [3.05, 3.63) is 0 Å². The van der Waals surface area contributed by atoms with Gasteiger partial charge in [-0.2, -0.15) is 0 Å². The van der Waals surface area contributed by atoms with Crippen molar-refractivity contribution in [3.8, 4) is 0 Å². The van der Waals surface area contributed by atoms with E-state index in [4.69, 9.17) is 29.7 Å². The predicted octanol–water partition coefficient (Wildman–Crippen LogP) is -23.7. The van der Waals surface area contributed by atoms with Crippen LogP contribution in [0.1, 0.15) is 6.92 Å². The van der Waals surface area contributed by atoms with Crippen LogP contribution < -0.4 is 222 Å². The molecule has 0 amide bonds. The van der Waals surface area contributed by atoms with E-state index in [0.29, 0.717) is 6.61 Å². The van der Waals surface area contributed by atoms with E-state index in [1.165, 1.54) is 0 Å². The van der Waals surface area contributed by atoms with E-state index in [1.54, 1.807) is 6.92 Å². The SMILES string of the molecule is CCOC(=O)[S-].O=C([O-])[S-].O=C([O-])[S-].O=C([O-])[S-].[Na+].[Na+].[Na+].[Na+].[Na+].[Na+].[Na+]. The fourth-order valence-electron chi connectivity index (χ4n) is 0.118. The van der Waals surface area contributed by atoms with Gasteiger partial charge in [0.1, 0.15) is 0 Å². The molecule has 0 fully saturated rings. The third kappa shape index (κ3) is 299. The number of rotatable bonds is 1. The van der Waals surface area contributed by atoms with Crippen LogP contribution in [0, 0.1) is 0 Å². The molecule has 0 aromatic heterocycles. The Bertz CT molecular complexity index is 237. The predicted molar refractivity (Wildman–Crippen MR) is 62.7 cm³/mol. The van der Waals surface area contributed by atoms with Crippen LogP contribution in [0.3, 0.4) is 0 Å². The Morgan fingerprint density at radius 2 is 0.760 bits per heavy atom. The van der Waals surface area contributed by atoms with E-state index in [9.17, 15) is 4.79 Å². The molecule has 0 unspecified atom stereocenters. The molecular weight excluding hydrogens is 489 g/mol. The van der Waals surface area contributed by atoms with Crippen LogP contribution in [0.15, 0.2) is 0 Å². The van der Waals surface area contributed by atoms with E-state index in [0.717, 1.165) is 0 Å². The van der Waals surface area contributed by atoms with Crippen molar-refractivity contribution in [1.82, 2.24) is 0 Å². The number of hydrogen-bond acceptors (Lipinski definition) is 12. The quantitative estimate of drug-likeness (QED) is 0.194. The maximum absolute atomic E-state index is 9.64. The molecule has 0 atom stereocenters. The molecule has 0 aromatic carbocycles. The van der Waals surface area contributed by atoms with Crippen LogP contribution >= 0.6 is 0 Å². The molecule has 0 bridgehead atoms. The summed E-state index contributed by atoms with van der Waals surface area (Å²) in [6.45, 7) is 2.09. The first-order valence-corrected chi connectivity index (χ1v) is 5.08. The fourth-order valence-corrected chi connectivity index (χ4v) is 0.236. The molecule has 25 heavy (non-hydrogen) atoms.